The highest BCUT2D eigenvalue weighted by Crippen LogP contribution is 2.50. The quantitative estimate of drug-likeness (QED) is 0.0308. The molecule has 1 aromatic carbocycles. The Morgan fingerprint density at radius 3 is 0.908 bits per heavy atom. The molecule has 0 saturated heterocycles. The summed E-state index contributed by atoms with van der Waals surface area (Å²) in [5.74, 6) is 6.06. The molecule has 2 aliphatic heterocycles. The SMILES string of the molecule is CC/C=C\CCCC(C)(CCCCCCCCC1CCC(CCCCCC)C(CCCCCCCC)C1CCCCCCCCn1c(=O)c2cc3c(=O)n(C(C)(CCCCCC)CCCCCCCCC4CCC(CCCCCC)C(CCCCCCCC)C4CCCCCCCCN4C(=O)C=CC4=O)c(=O)c3cc2c1=O)N1C(=O)C=CC1=O. The van der Waals surface area contributed by atoms with Gasteiger partial charge >= 0.3 is 0 Å². The molecule has 119 heavy (non-hydrogen) atoms. The number of carbonyl (C=O) groups is 4. The first-order valence-corrected chi connectivity index (χ1v) is 51.7. The number of carbonyl (C=O) groups excluding carboxylic acids is 4. The third kappa shape index (κ3) is 33.5. The maximum absolute atomic E-state index is 14.8. The highest BCUT2D eigenvalue weighted by Gasteiger charge is 2.42. The number of hydrogen-bond donors (Lipinski definition) is 0. The Bertz CT molecular complexity index is 3530. The minimum atomic E-state index is -0.665. The minimum Gasteiger partial charge on any atom is -0.275 e. The molecule has 12 nitrogen and oxygen atoms in total. The third-order valence-corrected chi connectivity index (χ3v) is 30.2. The van der Waals surface area contributed by atoms with E-state index in [2.05, 4.69) is 67.5 Å². The van der Waals surface area contributed by atoms with Crippen LogP contribution in [0.4, 0.5) is 0 Å². The first-order chi connectivity index (χ1) is 58.0. The average Bonchev–Trinajstić information content (AvgIpc) is 1.57. The number of allylic oxidation sites excluding steroid dienone is 2. The molecule has 4 heterocycles. The number of benzene rings is 1. The van der Waals surface area contributed by atoms with Gasteiger partial charge in [0, 0.05) is 48.5 Å². The van der Waals surface area contributed by atoms with Gasteiger partial charge in [-0.1, -0.05) is 375 Å². The second-order valence-electron chi connectivity index (χ2n) is 39.5. The molecule has 2 saturated carbocycles. The van der Waals surface area contributed by atoms with Crippen LogP contribution >= 0.6 is 0 Å². The molecular formula is C107H178N4O8. The van der Waals surface area contributed by atoms with Crippen molar-refractivity contribution < 1.29 is 19.2 Å². The molecule has 0 N–H and O–H groups in total. The lowest BCUT2D eigenvalue weighted by Gasteiger charge is -2.44. The smallest absolute Gasteiger partial charge is 0.262 e. The van der Waals surface area contributed by atoms with E-state index in [4.69, 9.17) is 0 Å². The summed E-state index contributed by atoms with van der Waals surface area (Å²) < 4.78 is 2.93. The molecule has 0 bridgehead atoms. The van der Waals surface area contributed by atoms with Gasteiger partial charge in [0.25, 0.3) is 45.9 Å². The lowest BCUT2D eigenvalue weighted by molar-refractivity contribution is -0.144. The Kier molecular flexibility index (Phi) is 49.5. The highest BCUT2D eigenvalue weighted by atomic mass is 16.2. The van der Waals surface area contributed by atoms with Crippen LogP contribution in [0.5, 0.6) is 0 Å². The number of fused-ring (bicyclic) bond motifs is 2. The fourth-order valence-corrected chi connectivity index (χ4v) is 23.1. The largest absolute Gasteiger partial charge is 0.275 e. The molecule has 4 aliphatic rings. The van der Waals surface area contributed by atoms with Crippen LogP contribution < -0.4 is 22.2 Å². The van der Waals surface area contributed by atoms with Gasteiger partial charge in [0.05, 0.1) is 21.5 Å². The van der Waals surface area contributed by atoms with E-state index in [1.165, 1.54) is 323 Å². The van der Waals surface area contributed by atoms with Crippen LogP contribution in [0.15, 0.2) is 67.8 Å². The fraction of sp³-hybridized carbons (Fsp3) is 0.813. The Labute approximate surface area is 726 Å². The summed E-state index contributed by atoms with van der Waals surface area (Å²) in [6.07, 6.45) is 91.9. The van der Waals surface area contributed by atoms with Crippen LogP contribution in [0.2, 0.25) is 0 Å². The van der Waals surface area contributed by atoms with Crippen LogP contribution in [0, 0.1) is 47.3 Å². The molecule has 2 aromatic heterocycles. The zero-order chi connectivity index (χ0) is 85.3. The van der Waals surface area contributed by atoms with E-state index in [9.17, 15) is 38.4 Å². The molecule has 12 heteroatoms. The number of rotatable bonds is 72. The van der Waals surface area contributed by atoms with Gasteiger partial charge in [0.15, 0.2) is 0 Å². The number of unbranched alkanes of at least 4 members (excludes halogenated alkanes) is 40. The van der Waals surface area contributed by atoms with Gasteiger partial charge in [-0.25, -0.2) is 0 Å². The predicted molar refractivity (Wildman–Crippen MR) is 504 cm³/mol. The number of aromatic nitrogens is 2. The summed E-state index contributed by atoms with van der Waals surface area (Å²) in [6.45, 7) is 18.8. The number of amides is 4. The molecule has 2 aliphatic carbocycles. The van der Waals surface area contributed by atoms with E-state index in [-0.39, 0.29) is 67.4 Å². The van der Waals surface area contributed by atoms with Crippen molar-refractivity contribution in [1.82, 2.24) is 18.9 Å². The van der Waals surface area contributed by atoms with Gasteiger partial charge in [0.1, 0.15) is 0 Å². The van der Waals surface area contributed by atoms with Crippen molar-refractivity contribution in [2.75, 3.05) is 6.54 Å². The molecule has 2 fully saturated rings. The zero-order valence-corrected chi connectivity index (χ0v) is 78.1. The zero-order valence-electron chi connectivity index (χ0n) is 78.1. The molecule has 0 spiro atoms. The van der Waals surface area contributed by atoms with Crippen molar-refractivity contribution in [3.63, 3.8) is 0 Å². The summed E-state index contributed by atoms with van der Waals surface area (Å²) in [5, 5.41) is 1.08. The van der Waals surface area contributed by atoms with Crippen molar-refractivity contribution >= 4 is 45.2 Å². The van der Waals surface area contributed by atoms with Crippen LogP contribution in [-0.4, -0.2) is 54.6 Å². The topological polar surface area (TPSA) is 153 Å². The van der Waals surface area contributed by atoms with E-state index >= 15 is 0 Å². The minimum absolute atomic E-state index is 0.153. The molecule has 3 aromatic rings. The number of hydrogen-bond acceptors (Lipinski definition) is 8. The highest BCUT2D eigenvalue weighted by molar-refractivity contribution is 6.14. The third-order valence-electron chi connectivity index (χ3n) is 30.2. The standard InChI is InChI=1S/C107H178N4O8/c1-9-15-21-27-39-52-66-90-86(62-48-24-18-12-4)71-73-89(92(90)68-54-41-31-35-46-60-82-108-98(112)74-75-99(108)113)65-51-38-30-34-45-59-81-107(8,80-56-26-20-14-6)111-104(118)96-84-94-95(85-97(96)105(111)119)103(117)109(102(94)116)83-61-47-36-32-42-55-69-93-88(72-70-87(63-49-25-19-13-5)91(93)67-53-40-28-22-16-10-2)64-50-37-29-33-44-58-79-106(7,78-57-43-23-17-11-3)110-100(114)76-77-101(110)115/h17,23,74-77,84-93H,9-16,18-22,24-73,78-83H2,1-8H3/b23-17-. The van der Waals surface area contributed by atoms with Crippen molar-refractivity contribution in [2.45, 2.75) is 503 Å². The van der Waals surface area contributed by atoms with Crippen molar-refractivity contribution in [2.24, 2.45) is 47.3 Å². The summed E-state index contributed by atoms with van der Waals surface area (Å²) in [4.78, 5) is 111. The Morgan fingerprint density at radius 1 is 0.286 bits per heavy atom. The molecule has 0 radical (unpaired) electrons. The van der Waals surface area contributed by atoms with Crippen LogP contribution in [0.1, 0.15) is 486 Å². The van der Waals surface area contributed by atoms with E-state index in [1.54, 1.807) is 21.6 Å². The van der Waals surface area contributed by atoms with E-state index in [0.29, 0.717) is 13.1 Å². The molecule has 4 amide bonds. The predicted octanol–water partition coefficient (Wildman–Crippen LogP) is 29.0. The molecular weight excluding hydrogens is 1470 g/mol. The Balaban J connectivity index is 0.902. The van der Waals surface area contributed by atoms with Gasteiger partial charge in [-0.15, -0.1) is 0 Å². The monoisotopic (exact) mass is 1650 g/mol. The summed E-state index contributed by atoms with van der Waals surface area (Å²) in [6, 6.07) is 3.19. The molecule has 7 rings (SSSR count). The molecule has 674 valence electrons. The van der Waals surface area contributed by atoms with Gasteiger partial charge in [-0.2, -0.15) is 0 Å². The van der Waals surface area contributed by atoms with E-state index in [0.717, 1.165) is 189 Å². The van der Waals surface area contributed by atoms with Crippen molar-refractivity contribution in [1.29, 1.82) is 0 Å². The lowest BCUT2D eigenvalue weighted by atomic mass is 9.61. The van der Waals surface area contributed by atoms with Crippen molar-refractivity contribution in [3.8, 4) is 0 Å². The second kappa shape index (κ2) is 58.2. The van der Waals surface area contributed by atoms with Crippen molar-refractivity contribution in [3.05, 3.63) is 90.0 Å². The van der Waals surface area contributed by atoms with Gasteiger partial charge in [0.2, 0.25) is 0 Å². The first-order valence-electron chi connectivity index (χ1n) is 51.7. The first kappa shape index (κ1) is 101. The van der Waals surface area contributed by atoms with Gasteiger partial charge < -0.3 is 0 Å². The average molecular weight is 1650 g/mol. The summed E-state index contributed by atoms with van der Waals surface area (Å²) >= 11 is 0. The summed E-state index contributed by atoms with van der Waals surface area (Å²) in [5.41, 5.74) is -2.41. The van der Waals surface area contributed by atoms with Crippen LogP contribution in [-0.2, 0) is 31.3 Å². The van der Waals surface area contributed by atoms with E-state index in [1.807, 2.05) is 0 Å². The normalized spacial score (nSPS) is 20.8. The second-order valence-corrected chi connectivity index (χ2v) is 39.5. The molecule has 10 atom stereocenters. The fourth-order valence-electron chi connectivity index (χ4n) is 23.1. The Morgan fingerprint density at radius 2 is 0.555 bits per heavy atom. The van der Waals surface area contributed by atoms with E-state index < -0.39 is 11.1 Å². The maximum atomic E-state index is 14.8. The maximum Gasteiger partial charge on any atom is 0.262 e. The summed E-state index contributed by atoms with van der Waals surface area (Å²) in [7, 11) is 0. The van der Waals surface area contributed by atoms with Gasteiger partial charge in [-0.3, -0.25) is 57.3 Å². The Hall–Kier alpha value is -5.00. The lowest BCUT2D eigenvalue weighted by Crippen LogP contribution is -2.49. The van der Waals surface area contributed by atoms with Crippen LogP contribution in [0.25, 0.3) is 21.5 Å². The number of nitrogens with zero attached hydrogens (tertiary/aromatic N) is 4. The van der Waals surface area contributed by atoms with Crippen LogP contribution in [0.3, 0.4) is 0 Å². The number of imide groups is 2. The van der Waals surface area contributed by atoms with Gasteiger partial charge in [-0.05, 0) is 182 Å². The molecule has 10 unspecified atom stereocenters.